The molecule has 0 spiro atoms. The fourth-order valence-electron chi connectivity index (χ4n) is 4.18. The van der Waals surface area contributed by atoms with Crippen molar-refractivity contribution in [3.05, 3.63) is 94.8 Å². The molecule has 3 aromatic carbocycles. The van der Waals surface area contributed by atoms with Crippen molar-refractivity contribution in [1.82, 2.24) is 10.2 Å². The molecule has 208 valence electrons. The fraction of sp³-hybridized carbons (Fsp3) is 0.310. The lowest BCUT2D eigenvalue weighted by Gasteiger charge is -2.33. The van der Waals surface area contributed by atoms with Gasteiger partial charge in [-0.3, -0.25) is 13.9 Å². The Morgan fingerprint density at radius 1 is 1.00 bits per heavy atom. The molecule has 1 unspecified atom stereocenters. The molecule has 0 aliphatic rings. The maximum Gasteiger partial charge on any atom is 0.264 e. The van der Waals surface area contributed by atoms with Crippen LogP contribution in [0.25, 0.3) is 0 Å². The number of hydrogen-bond donors (Lipinski definition) is 1. The highest BCUT2D eigenvalue weighted by Gasteiger charge is 2.33. The van der Waals surface area contributed by atoms with Crippen molar-refractivity contribution in [2.75, 3.05) is 17.4 Å². The Balaban J connectivity index is 2.06. The van der Waals surface area contributed by atoms with E-state index in [0.29, 0.717) is 13.0 Å². The second-order valence-electron chi connectivity index (χ2n) is 9.15. The zero-order chi connectivity index (χ0) is 28.6. The number of halogens is 2. The van der Waals surface area contributed by atoms with Crippen molar-refractivity contribution in [3.63, 3.8) is 0 Å². The van der Waals surface area contributed by atoms with E-state index in [1.165, 1.54) is 29.2 Å². The van der Waals surface area contributed by atoms with Crippen molar-refractivity contribution in [2.45, 2.75) is 51.1 Å². The number of carbonyl (C=O) groups excluding carboxylic acids is 2. The number of rotatable bonds is 12. The molecule has 3 rings (SSSR count). The molecular formula is C29H33ClFN3O4S. The first-order chi connectivity index (χ1) is 18.6. The number of benzene rings is 3. The van der Waals surface area contributed by atoms with Gasteiger partial charge in [-0.2, -0.15) is 0 Å². The van der Waals surface area contributed by atoms with Crippen LogP contribution in [-0.4, -0.2) is 44.3 Å². The minimum Gasteiger partial charge on any atom is -0.354 e. The Morgan fingerprint density at radius 3 is 2.33 bits per heavy atom. The minimum absolute atomic E-state index is 0.0255. The second-order valence-corrected chi connectivity index (χ2v) is 11.4. The molecule has 0 heterocycles. The normalized spacial score (nSPS) is 12.0. The van der Waals surface area contributed by atoms with Crippen LogP contribution < -0.4 is 9.62 Å². The number of aryl methyl sites for hydroxylation is 1. The average Bonchev–Trinajstić information content (AvgIpc) is 2.92. The number of amides is 2. The molecule has 2 amide bonds. The van der Waals surface area contributed by atoms with Gasteiger partial charge in [0.15, 0.2) is 0 Å². The van der Waals surface area contributed by atoms with E-state index < -0.39 is 34.3 Å². The van der Waals surface area contributed by atoms with E-state index >= 15 is 0 Å². The van der Waals surface area contributed by atoms with Gasteiger partial charge in [0.1, 0.15) is 18.4 Å². The molecule has 3 aromatic rings. The van der Waals surface area contributed by atoms with Gasteiger partial charge in [-0.15, -0.1) is 0 Å². The molecule has 0 radical (unpaired) electrons. The summed E-state index contributed by atoms with van der Waals surface area (Å²) in [7, 11) is -4.25. The van der Waals surface area contributed by atoms with E-state index in [2.05, 4.69) is 5.32 Å². The van der Waals surface area contributed by atoms with E-state index in [9.17, 15) is 22.4 Å². The molecule has 1 atom stereocenters. The summed E-state index contributed by atoms with van der Waals surface area (Å²) in [5.41, 5.74) is 1.81. The lowest BCUT2D eigenvalue weighted by molar-refractivity contribution is -0.140. The van der Waals surface area contributed by atoms with Crippen molar-refractivity contribution in [3.8, 4) is 0 Å². The third-order valence-electron chi connectivity index (χ3n) is 6.17. The van der Waals surface area contributed by atoms with Crippen molar-refractivity contribution in [2.24, 2.45) is 0 Å². The van der Waals surface area contributed by atoms with Crippen LogP contribution in [0.4, 0.5) is 10.1 Å². The quantitative estimate of drug-likeness (QED) is 0.318. The summed E-state index contributed by atoms with van der Waals surface area (Å²) in [4.78, 5) is 28.4. The monoisotopic (exact) mass is 573 g/mol. The zero-order valence-electron chi connectivity index (χ0n) is 22.2. The van der Waals surface area contributed by atoms with Crippen LogP contribution in [0.1, 0.15) is 37.8 Å². The van der Waals surface area contributed by atoms with Crippen LogP contribution in [-0.2, 0) is 26.2 Å². The molecule has 0 saturated carbocycles. The van der Waals surface area contributed by atoms with E-state index in [1.807, 2.05) is 38.1 Å². The van der Waals surface area contributed by atoms with Crippen LogP contribution in [0, 0.1) is 12.7 Å². The van der Waals surface area contributed by atoms with Crippen molar-refractivity contribution >= 4 is 39.1 Å². The van der Waals surface area contributed by atoms with Gasteiger partial charge in [0.25, 0.3) is 10.0 Å². The number of nitrogens with one attached hydrogen (secondary N) is 1. The molecule has 0 aliphatic carbocycles. The van der Waals surface area contributed by atoms with Crippen LogP contribution in [0.3, 0.4) is 0 Å². The summed E-state index contributed by atoms with van der Waals surface area (Å²) in [6.45, 7) is 5.57. The van der Waals surface area contributed by atoms with Gasteiger partial charge >= 0.3 is 0 Å². The molecule has 0 aliphatic heterocycles. The van der Waals surface area contributed by atoms with E-state index in [0.717, 1.165) is 27.9 Å². The number of hydrogen-bond acceptors (Lipinski definition) is 4. The lowest BCUT2D eigenvalue weighted by atomic mass is 10.1. The zero-order valence-corrected chi connectivity index (χ0v) is 23.8. The summed E-state index contributed by atoms with van der Waals surface area (Å²) in [5.74, 6) is -1.62. The standard InChI is InChI=1S/C29H33ClFN3O4S/c1-4-16-32-29(36)27(5-2)33(19-22-11-9-10-21(3)17-22)28(35)20-34(23-14-15-26(31)25(30)18-23)39(37,38)24-12-7-6-8-13-24/h6-15,17-18,27H,4-5,16,19-20H2,1-3H3,(H,32,36). The molecule has 0 saturated heterocycles. The molecule has 10 heteroatoms. The Hall–Kier alpha value is -3.43. The van der Waals surface area contributed by atoms with E-state index in [-0.39, 0.29) is 28.1 Å². The molecule has 0 aromatic heterocycles. The van der Waals surface area contributed by atoms with Gasteiger partial charge < -0.3 is 10.2 Å². The van der Waals surface area contributed by atoms with Crippen molar-refractivity contribution < 1.29 is 22.4 Å². The van der Waals surface area contributed by atoms with E-state index in [4.69, 9.17) is 11.6 Å². The first-order valence-electron chi connectivity index (χ1n) is 12.7. The first kappa shape index (κ1) is 30.1. The SMILES string of the molecule is CCCNC(=O)C(CC)N(Cc1cccc(C)c1)C(=O)CN(c1ccc(F)c(Cl)c1)S(=O)(=O)c1ccccc1. The average molecular weight is 574 g/mol. The summed E-state index contributed by atoms with van der Waals surface area (Å²) >= 11 is 5.99. The number of anilines is 1. The van der Waals surface area contributed by atoms with Crippen LogP contribution in [0.15, 0.2) is 77.7 Å². The van der Waals surface area contributed by atoms with Gasteiger partial charge in [0.2, 0.25) is 11.8 Å². The van der Waals surface area contributed by atoms with Crippen LogP contribution in [0.5, 0.6) is 0 Å². The minimum atomic E-state index is -4.25. The largest absolute Gasteiger partial charge is 0.354 e. The number of carbonyl (C=O) groups is 2. The maximum absolute atomic E-state index is 14.0. The van der Waals surface area contributed by atoms with Gasteiger partial charge in [-0.05, 0) is 55.7 Å². The third-order valence-corrected chi connectivity index (χ3v) is 8.25. The summed E-state index contributed by atoms with van der Waals surface area (Å²) in [6.07, 6.45) is 1.04. The Bertz CT molecular complexity index is 1400. The Labute approximate surface area is 234 Å². The predicted molar refractivity (Wildman–Crippen MR) is 151 cm³/mol. The highest BCUT2D eigenvalue weighted by molar-refractivity contribution is 7.92. The smallest absolute Gasteiger partial charge is 0.264 e. The molecule has 0 fully saturated rings. The van der Waals surface area contributed by atoms with Crippen LogP contribution in [0.2, 0.25) is 5.02 Å². The number of sulfonamides is 1. The van der Waals surface area contributed by atoms with Gasteiger partial charge in [-0.1, -0.05) is 73.5 Å². The fourth-order valence-corrected chi connectivity index (χ4v) is 5.78. The van der Waals surface area contributed by atoms with Crippen LogP contribution >= 0.6 is 11.6 Å². The van der Waals surface area contributed by atoms with E-state index in [1.54, 1.807) is 25.1 Å². The number of nitrogens with zero attached hydrogens (tertiary/aromatic N) is 2. The highest BCUT2D eigenvalue weighted by atomic mass is 35.5. The summed E-state index contributed by atoms with van der Waals surface area (Å²) in [6, 6.07) is 17.8. The molecule has 1 N–H and O–H groups in total. The predicted octanol–water partition coefficient (Wildman–Crippen LogP) is 5.32. The molecule has 39 heavy (non-hydrogen) atoms. The van der Waals surface area contributed by atoms with Gasteiger partial charge in [0, 0.05) is 13.1 Å². The Morgan fingerprint density at radius 2 is 1.72 bits per heavy atom. The summed E-state index contributed by atoms with van der Waals surface area (Å²) < 4.78 is 42.4. The van der Waals surface area contributed by atoms with Crippen molar-refractivity contribution in [1.29, 1.82) is 0 Å². The van der Waals surface area contributed by atoms with Gasteiger partial charge in [0.05, 0.1) is 15.6 Å². The first-order valence-corrected chi connectivity index (χ1v) is 14.6. The lowest BCUT2D eigenvalue weighted by Crippen LogP contribution is -2.52. The van der Waals surface area contributed by atoms with Gasteiger partial charge in [-0.25, -0.2) is 12.8 Å². The molecular weight excluding hydrogens is 541 g/mol. The maximum atomic E-state index is 14.0. The third kappa shape index (κ3) is 7.58. The summed E-state index contributed by atoms with van der Waals surface area (Å²) in [5, 5.41) is 2.56. The highest BCUT2D eigenvalue weighted by Crippen LogP contribution is 2.28. The molecule has 0 bridgehead atoms. The Kier molecular flexibility index (Phi) is 10.5. The topological polar surface area (TPSA) is 86.8 Å². The second kappa shape index (κ2) is 13.6. The molecule has 7 nitrogen and oxygen atoms in total.